The van der Waals surface area contributed by atoms with Gasteiger partial charge in [0, 0.05) is 27.2 Å². The highest BCUT2D eigenvalue weighted by molar-refractivity contribution is 5.92. The lowest BCUT2D eigenvalue weighted by atomic mass is 9.89. The molecule has 1 aliphatic heterocycles. The molecule has 0 aliphatic carbocycles. The highest BCUT2D eigenvalue weighted by Gasteiger charge is 2.34. The molecule has 1 aliphatic rings. The summed E-state index contributed by atoms with van der Waals surface area (Å²) in [7, 11) is 5.90. The van der Waals surface area contributed by atoms with E-state index in [0.717, 1.165) is 44.6 Å². The first-order valence-electron chi connectivity index (χ1n) is 7.81. The Morgan fingerprint density at radius 2 is 2.19 bits per heavy atom. The molecule has 0 aromatic carbocycles. The van der Waals surface area contributed by atoms with Crippen LogP contribution in [0.25, 0.3) is 0 Å². The van der Waals surface area contributed by atoms with Gasteiger partial charge >= 0.3 is 0 Å². The summed E-state index contributed by atoms with van der Waals surface area (Å²) in [5.74, 6) is 0.0723. The van der Waals surface area contributed by atoms with E-state index < -0.39 is 0 Å². The minimum atomic E-state index is 0.0723. The summed E-state index contributed by atoms with van der Waals surface area (Å²) >= 11 is 0. The average molecular weight is 292 g/mol. The summed E-state index contributed by atoms with van der Waals surface area (Å²) in [5, 5.41) is 4.43. The van der Waals surface area contributed by atoms with Crippen molar-refractivity contribution in [3.63, 3.8) is 0 Å². The van der Waals surface area contributed by atoms with Gasteiger partial charge in [-0.25, -0.2) is 0 Å². The molecule has 5 heteroatoms. The van der Waals surface area contributed by atoms with Crippen molar-refractivity contribution in [2.24, 2.45) is 12.5 Å². The number of rotatable bonds is 5. The van der Waals surface area contributed by atoms with Crippen molar-refractivity contribution in [1.29, 1.82) is 0 Å². The average Bonchev–Trinajstić information content (AvgIpc) is 2.92. The summed E-state index contributed by atoms with van der Waals surface area (Å²) in [5.41, 5.74) is 1.89. The summed E-state index contributed by atoms with van der Waals surface area (Å²) in [6.45, 7) is 7.36. The van der Waals surface area contributed by atoms with Crippen molar-refractivity contribution in [3.05, 3.63) is 17.5 Å². The minimum Gasteiger partial charge on any atom is -0.340 e. The van der Waals surface area contributed by atoms with Gasteiger partial charge in [0.1, 0.15) is 5.69 Å². The molecule has 21 heavy (non-hydrogen) atoms. The van der Waals surface area contributed by atoms with E-state index in [-0.39, 0.29) is 11.3 Å². The molecule has 1 aromatic heterocycles. The third-order valence-corrected chi connectivity index (χ3v) is 4.37. The van der Waals surface area contributed by atoms with E-state index in [1.807, 2.05) is 25.1 Å². The topological polar surface area (TPSA) is 41.4 Å². The standard InChI is InChI=1S/C16H28N4O/c1-6-7-13-10-14(20(5)17-13)15(21)19(4)12-16(2)8-9-18(3)11-16/h10H,6-9,11-12H2,1-5H3/t16-/m1/s1. The zero-order valence-electron chi connectivity index (χ0n) is 14.0. The zero-order chi connectivity index (χ0) is 15.6. The molecule has 1 fully saturated rings. The van der Waals surface area contributed by atoms with Gasteiger partial charge in [-0.3, -0.25) is 9.48 Å². The second-order valence-electron chi connectivity index (χ2n) is 6.85. The maximum atomic E-state index is 12.6. The molecule has 1 saturated heterocycles. The van der Waals surface area contributed by atoms with Crippen molar-refractivity contribution >= 4 is 5.91 Å². The molecule has 1 atom stereocenters. The summed E-state index contributed by atoms with van der Waals surface area (Å²) in [6, 6.07) is 1.94. The molecule has 1 amide bonds. The molecular weight excluding hydrogens is 264 g/mol. The smallest absolute Gasteiger partial charge is 0.271 e. The van der Waals surface area contributed by atoms with Crippen LogP contribution < -0.4 is 0 Å². The fourth-order valence-corrected chi connectivity index (χ4v) is 3.34. The number of nitrogens with zero attached hydrogens (tertiary/aromatic N) is 4. The number of amides is 1. The Morgan fingerprint density at radius 3 is 2.76 bits per heavy atom. The van der Waals surface area contributed by atoms with Crippen LogP contribution in [0.3, 0.4) is 0 Å². The van der Waals surface area contributed by atoms with E-state index in [1.165, 1.54) is 0 Å². The summed E-state index contributed by atoms with van der Waals surface area (Å²) < 4.78 is 1.72. The van der Waals surface area contributed by atoms with Gasteiger partial charge in [0.25, 0.3) is 5.91 Å². The van der Waals surface area contributed by atoms with Gasteiger partial charge in [0.05, 0.1) is 5.69 Å². The zero-order valence-corrected chi connectivity index (χ0v) is 14.0. The van der Waals surface area contributed by atoms with E-state index >= 15 is 0 Å². The first-order chi connectivity index (χ1) is 9.84. The second kappa shape index (κ2) is 6.18. The fraction of sp³-hybridized carbons (Fsp3) is 0.750. The summed E-state index contributed by atoms with van der Waals surface area (Å²) in [6.07, 6.45) is 3.12. The maximum absolute atomic E-state index is 12.6. The van der Waals surface area contributed by atoms with E-state index in [9.17, 15) is 4.79 Å². The van der Waals surface area contributed by atoms with Crippen LogP contribution in [0, 0.1) is 5.41 Å². The first-order valence-corrected chi connectivity index (χ1v) is 7.81. The van der Waals surface area contributed by atoms with E-state index in [0.29, 0.717) is 5.69 Å². The minimum absolute atomic E-state index is 0.0723. The molecule has 0 radical (unpaired) electrons. The highest BCUT2D eigenvalue weighted by atomic mass is 16.2. The van der Waals surface area contributed by atoms with Crippen LogP contribution in [0.2, 0.25) is 0 Å². The van der Waals surface area contributed by atoms with Gasteiger partial charge in [-0.15, -0.1) is 0 Å². The van der Waals surface area contributed by atoms with E-state index in [1.54, 1.807) is 4.68 Å². The molecule has 118 valence electrons. The van der Waals surface area contributed by atoms with E-state index in [2.05, 4.69) is 30.9 Å². The predicted molar refractivity (Wildman–Crippen MR) is 84.4 cm³/mol. The Hall–Kier alpha value is -1.36. The quantitative estimate of drug-likeness (QED) is 0.831. The van der Waals surface area contributed by atoms with Gasteiger partial charge < -0.3 is 9.80 Å². The number of likely N-dealkylation sites (tertiary alicyclic amines) is 1. The van der Waals surface area contributed by atoms with Gasteiger partial charge in [0.2, 0.25) is 0 Å². The molecule has 1 aromatic rings. The number of carbonyl (C=O) groups is 1. The Morgan fingerprint density at radius 1 is 1.48 bits per heavy atom. The highest BCUT2D eigenvalue weighted by Crippen LogP contribution is 2.29. The Labute approximate surface area is 127 Å². The lowest BCUT2D eigenvalue weighted by Crippen LogP contribution is -2.39. The van der Waals surface area contributed by atoms with Gasteiger partial charge in [-0.2, -0.15) is 5.10 Å². The van der Waals surface area contributed by atoms with Crippen LogP contribution in [-0.4, -0.2) is 59.2 Å². The summed E-state index contributed by atoms with van der Waals surface area (Å²) in [4.78, 5) is 16.8. The normalized spacial score (nSPS) is 22.7. The molecule has 0 unspecified atom stereocenters. The molecule has 2 heterocycles. The van der Waals surface area contributed by atoms with Gasteiger partial charge in [0.15, 0.2) is 0 Å². The van der Waals surface area contributed by atoms with Crippen LogP contribution in [0.4, 0.5) is 0 Å². The van der Waals surface area contributed by atoms with Crippen LogP contribution >= 0.6 is 0 Å². The van der Waals surface area contributed by atoms with Crippen molar-refractivity contribution < 1.29 is 4.79 Å². The number of hydrogen-bond donors (Lipinski definition) is 0. The molecule has 0 N–H and O–H groups in total. The number of carbonyl (C=O) groups excluding carboxylic acids is 1. The largest absolute Gasteiger partial charge is 0.340 e. The molecule has 2 rings (SSSR count). The molecule has 0 spiro atoms. The van der Waals surface area contributed by atoms with Crippen LogP contribution in [0.5, 0.6) is 0 Å². The third-order valence-electron chi connectivity index (χ3n) is 4.37. The van der Waals surface area contributed by atoms with Gasteiger partial charge in [-0.1, -0.05) is 20.3 Å². The lowest BCUT2D eigenvalue weighted by molar-refractivity contribution is 0.0719. The van der Waals surface area contributed by atoms with Crippen molar-refractivity contribution in [1.82, 2.24) is 19.6 Å². The lowest BCUT2D eigenvalue weighted by Gasteiger charge is -2.29. The van der Waals surface area contributed by atoms with Crippen molar-refractivity contribution in [2.75, 3.05) is 33.7 Å². The Bertz CT molecular complexity index is 510. The fourth-order valence-electron chi connectivity index (χ4n) is 3.34. The number of aryl methyl sites for hydroxylation is 2. The second-order valence-corrected chi connectivity index (χ2v) is 6.85. The van der Waals surface area contributed by atoms with Gasteiger partial charge in [-0.05, 0) is 37.9 Å². The first kappa shape index (κ1) is 16.0. The predicted octanol–water partition coefficient (Wildman–Crippen LogP) is 1.79. The number of aromatic nitrogens is 2. The van der Waals surface area contributed by atoms with E-state index in [4.69, 9.17) is 0 Å². The number of hydrogen-bond acceptors (Lipinski definition) is 3. The van der Waals surface area contributed by atoms with Crippen LogP contribution in [0.1, 0.15) is 42.9 Å². The van der Waals surface area contributed by atoms with Crippen molar-refractivity contribution in [2.45, 2.75) is 33.1 Å². The monoisotopic (exact) mass is 292 g/mol. The van der Waals surface area contributed by atoms with Crippen molar-refractivity contribution in [3.8, 4) is 0 Å². The molecule has 0 bridgehead atoms. The Kier molecular flexibility index (Phi) is 4.71. The third kappa shape index (κ3) is 3.64. The molecular formula is C16H28N4O. The SMILES string of the molecule is CCCc1cc(C(=O)N(C)C[C@]2(C)CCN(C)C2)n(C)n1. The molecule has 5 nitrogen and oxygen atoms in total. The van der Waals surface area contributed by atoms with Crippen LogP contribution in [-0.2, 0) is 13.5 Å². The Balaban J connectivity index is 2.05. The maximum Gasteiger partial charge on any atom is 0.271 e. The molecule has 0 saturated carbocycles. The van der Waals surface area contributed by atoms with Crippen LogP contribution in [0.15, 0.2) is 6.07 Å².